The van der Waals surface area contributed by atoms with Crippen molar-refractivity contribution < 1.29 is 23.9 Å². The molecule has 2 rings (SSSR count). The van der Waals surface area contributed by atoms with Gasteiger partial charge < -0.3 is 20.5 Å². The molecule has 29 heavy (non-hydrogen) atoms. The molecule has 0 aliphatic carbocycles. The number of amides is 2. The van der Waals surface area contributed by atoms with Gasteiger partial charge in [-0.05, 0) is 49.7 Å². The number of primary amides is 1. The van der Waals surface area contributed by atoms with Crippen LogP contribution in [0.1, 0.15) is 47.8 Å². The van der Waals surface area contributed by atoms with Gasteiger partial charge in [0.25, 0.3) is 0 Å². The fraction of sp³-hybridized carbons (Fsp3) is 0.286. The second-order valence-electron chi connectivity index (χ2n) is 6.29. The molecule has 2 aromatic carbocycles. The van der Waals surface area contributed by atoms with Gasteiger partial charge in [0.15, 0.2) is 5.78 Å². The molecule has 1 atom stereocenters. The van der Waals surface area contributed by atoms with E-state index >= 15 is 0 Å². The molecule has 8 heteroatoms. The first-order valence-corrected chi connectivity index (χ1v) is 9.41. The summed E-state index contributed by atoms with van der Waals surface area (Å²) < 4.78 is 10.9. The molecule has 2 aromatic rings. The van der Waals surface area contributed by atoms with E-state index in [-0.39, 0.29) is 18.8 Å². The Labute approximate surface area is 174 Å². The molecule has 0 saturated carbocycles. The smallest absolute Gasteiger partial charge is 0.312 e. The summed E-state index contributed by atoms with van der Waals surface area (Å²) in [5.41, 5.74) is 6.96. The number of nitrogens with one attached hydrogen (secondary N) is 1. The van der Waals surface area contributed by atoms with Crippen LogP contribution in [0.25, 0.3) is 0 Å². The summed E-state index contributed by atoms with van der Waals surface area (Å²) in [5, 5.41) is 3.06. The van der Waals surface area contributed by atoms with Crippen molar-refractivity contribution in [2.45, 2.75) is 32.9 Å². The Morgan fingerprint density at radius 3 is 2.41 bits per heavy atom. The molecular weight excluding hydrogens is 396 g/mol. The van der Waals surface area contributed by atoms with E-state index < -0.39 is 18.0 Å². The van der Waals surface area contributed by atoms with Crippen molar-refractivity contribution >= 4 is 29.4 Å². The van der Waals surface area contributed by atoms with Gasteiger partial charge in [-0.1, -0.05) is 23.7 Å². The number of esters is 1. The van der Waals surface area contributed by atoms with E-state index in [9.17, 15) is 14.4 Å². The maximum absolute atomic E-state index is 12.4. The monoisotopic (exact) mass is 418 g/mol. The number of carbonyl (C=O) groups is 3. The standard InChI is InChI=1S/C21H23ClN2O5/c1-3-28-19-9-6-15(13(2)25)10-16(19)12-29-20(26)11-18(24-21(23)27)14-4-7-17(22)8-5-14/h4-10,18H,3,11-12H2,1-2H3,(H3,23,24,27)/t18-/m0/s1. The topological polar surface area (TPSA) is 108 Å². The number of rotatable bonds is 9. The van der Waals surface area contributed by atoms with Crippen LogP contribution in [-0.2, 0) is 16.1 Å². The lowest BCUT2D eigenvalue weighted by molar-refractivity contribution is -0.145. The second kappa shape index (κ2) is 10.5. The third kappa shape index (κ3) is 6.80. The van der Waals surface area contributed by atoms with Crippen LogP contribution >= 0.6 is 11.6 Å². The van der Waals surface area contributed by atoms with Gasteiger partial charge in [0.2, 0.25) is 0 Å². The van der Waals surface area contributed by atoms with Gasteiger partial charge in [-0.15, -0.1) is 0 Å². The van der Waals surface area contributed by atoms with Crippen LogP contribution in [0.4, 0.5) is 4.79 Å². The number of nitrogens with two attached hydrogens (primary N) is 1. The number of ketones is 1. The molecule has 0 saturated heterocycles. The van der Waals surface area contributed by atoms with Crippen LogP contribution < -0.4 is 15.8 Å². The molecule has 0 bridgehead atoms. The number of halogens is 1. The van der Waals surface area contributed by atoms with E-state index in [2.05, 4.69) is 5.32 Å². The molecule has 0 heterocycles. The maximum Gasteiger partial charge on any atom is 0.312 e. The zero-order valence-corrected chi connectivity index (χ0v) is 17.0. The van der Waals surface area contributed by atoms with Gasteiger partial charge in [0.05, 0.1) is 19.1 Å². The highest BCUT2D eigenvalue weighted by Gasteiger charge is 2.19. The molecule has 0 aliphatic heterocycles. The fourth-order valence-electron chi connectivity index (χ4n) is 2.71. The predicted molar refractivity (Wildman–Crippen MR) is 109 cm³/mol. The quantitative estimate of drug-likeness (QED) is 0.476. The van der Waals surface area contributed by atoms with E-state index in [4.69, 9.17) is 26.8 Å². The Morgan fingerprint density at radius 1 is 1.14 bits per heavy atom. The largest absolute Gasteiger partial charge is 0.493 e. The average Bonchev–Trinajstić information content (AvgIpc) is 2.67. The number of hydrogen-bond donors (Lipinski definition) is 2. The van der Waals surface area contributed by atoms with Crippen LogP contribution in [-0.4, -0.2) is 24.4 Å². The van der Waals surface area contributed by atoms with Crippen LogP contribution in [0.2, 0.25) is 5.02 Å². The first-order valence-electron chi connectivity index (χ1n) is 9.03. The Bertz CT molecular complexity index is 883. The van der Waals surface area contributed by atoms with Gasteiger partial charge in [-0.25, -0.2) is 4.79 Å². The summed E-state index contributed by atoms with van der Waals surface area (Å²) in [5.74, 6) is -0.113. The minimum Gasteiger partial charge on any atom is -0.493 e. The molecule has 2 amide bonds. The first kappa shape index (κ1) is 22.2. The van der Waals surface area contributed by atoms with Crippen molar-refractivity contribution in [2.75, 3.05) is 6.61 Å². The maximum atomic E-state index is 12.4. The lowest BCUT2D eigenvalue weighted by Crippen LogP contribution is -2.34. The summed E-state index contributed by atoms with van der Waals surface area (Å²) in [6.45, 7) is 3.65. The highest BCUT2D eigenvalue weighted by molar-refractivity contribution is 6.30. The van der Waals surface area contributed by atoms with Crippen molar-refractivity contribution in [3.05, 3.63) is 64.2 Å². The SMILES string of the molecule is CCOc1ccc(C(C)=O)cc1COC(=O)C[C@H](NC(N)=O)c1ccc(Cl)cc1. The first-order chi connectivity index (χ1) is 13.8. The van der Waals surface area contributed by atoms with Crippen molar-refractivity contribution in [1.29, 1.82) is 0 Å². The molecule has 0 fully saturated rings. The van der Waals surface area contributed by atoms with Crippen molar-refractivity contribution in [3.8, 4) is 5.75 Å². The Hall–Kier alpha value is -3.06. The number of urea groups is 1. The van der Waals surface area contributed by atoms with E-state index in [1.54, 1.807) is 42.5 Å². The fourth-order valence-corrected chi connectivity index (χ4v) is 2.84. The Morgan fingerprint density at radius 2 is 1.83 bits per heavy atom. The molecule has 0 unspecified atom stereocenters. The molecule has 0 aromatic heterocycles. The average molecular weight is 419 g/mol. The normalized spacial score (nSPS) is 11.4. The van der Waals surface area contributed by atoms with Gasteiger partial charge in [0.1, 0.15) is 12.4 Å². The lowest BCUT2D eigenvalue weighted by Gasteiger charge is -2.18. The molecule has 0 radical (unpaired) electrons. The third-order valence-corrected chi connectivity index (χ3v) is 4.37. The van der Waals surface area contributed by atoms with E-state index in [0.29, 0.717) is 34.1 Å². The zero-order chi connectivity index (χ0) is 21.4. The highest BCUT2D eigenvalue weighted by atomic mass is 35.5. The number of hydrogen-bond acceptors (Lipinski definition) is 5. The molecule has 7 nitrogen and oxygen atoms in total. The molecular formula is C21H23ClN2O5. The van der Waals surface area contributed by atoms with Crippen LogP contribution in [0.5, 0.6) is 5.75 Å². The molecule has 154 valence electrons. The van der Waals surface area contributed by atoms with E-state index in [0.717, 1.165) is 0 Å². The van der Waals surface area contributed by atoms with Gasteiger partial charge in [-0.3, -0.25) is 9.59 Å². The predicted octanol–water partition coefficient (Wildman–Crippen LogP) is 3.78. The number of ether oxygens (including phenoxy) is 2. The lowest BCUT2D eigenvalue weighted by atomic mass is 10.0. The minimum absolute atomic E-state index is 0.0702. The number of Topliss-reactive ketones (excluding diaryl/α,β-unsaturated/α-hetero) is 1. The van der Waals surface area contributed by atoms with E-state index in [1.807, 2.05) is 6.92 Å². The second-order valence-corrected chi connectivity index (χ2v) is 6.73. The Balaban J connectivity index is 2.10. The summed E-state index contributed by atoms with van der Waals surface area (Å²) in [7, 11) is 0. The summed E-state index contributed by atoms with van der Waals surface area (Å²) >= 11 is 5.88. The van der Waals surface area contributed by atoms with Crippen LogP contribution in [0, 0.1) is 0 Å². The van der Waals surface area contributed by atoms with Gasteiger partial charge in [0, 0.05) is 16.1 Å². The zero-order valence-electron chi connectivity index (χ0n) is 16.2. The Kier molecular flexibility index (Phi) is 8.03. The van der Waals surface area contributed by atoms with Crippen LogP contribution in [0.15, 0.2) is 42.5 Å². The van der Waals surface area contributed by atoms with Crippen molar-refractivity contribution in [3.63, 3.8) is 0 Å². The summed E-state index contributed by atoms with van der Waals surface area (Å²) in [6.07, 6.45) is -0.124. The molecule has 0 spiro atoms. The minimum atomic E-state index is -0.759. The summed E-state index contributed by atoms with van der Waals surface area (Å²) in [6, 6.07) is 10.2. The molecule has 0 aliphatic rings. The van der Waals surface area contributed by atoms with Crippen LogP contribution in [0.3, 0.4) is 0 Å². The molecule has 3 N–H and O–H groups in total. The number of benzene rings is 2. The third-order valence-electron chi connectivity index (χ3n) is 4.12. The van der Waals surface area contributed by atoms with Gasteiger partial charge in [-0.2, -0.15) is 0 Å². The van der Waals surface area contributed by atoms with Crippen molar-refractivity contribution in [2.24, 2.45) is 5.73 Å². The van der Waals surface area contributed by atoms with Crippen molar-refractivity contribution in [1.82, 2.24) is 5.32 Å². The summed E-state index contributed by atoms with van der Waals surface area (Å²) in [4.78, 5) is 35.3. The van der Waals surface area contributed by atoms with E-state index in [1.165, 1.54) is 6.92 Å². The highest BCUT2D eigenvalue weighted by Crippen LogP contribution is 2.23. The van der Waals surface area contributed by atoms with Gasteiger partial charge >= 0.3 is 12.0 Å². The number of carbonyl (C=O) groups excluding carboxylic acids is 3.